The molecule has 9 heteroatoms. The molecule has 7 nitrogen and oxygen atoms in total. The zero-order valence-corrected chi connectivity index (χ0v) is 21.2. The van der Waals surface area contributed by atoms with Crippen LogP contribution in [0.5, 0.6) is 0 Å². The molecule has 3 aromatic rings. The van der Waals surface area contributed by atoms with Gasteiger partial charge in [0, 0.05) is 24.2 Å². The highest BCUT2D eigenvalue weighted by molar-refractivity contribution is 5.98. The number of benzene rings is 2. The van der Waals surface area contributed by atoms with Crippen molar-refractivity contribution in [3.8, 4) is 11.3 Å². The molecule has 0 aliphatic carbocycles. The normalized spacial score (nSPS) is 16.2. The van der Waals surface area contributed by atoms with Gasteiger partial charge in [-0.1, -0.05) is 24.2 Å². The molecule has 1 saturated heterocycles. The minimum absolute atomic E-state index is 0.0438. The molecule has 1 aliphatic heterocycles. The van der Waals surface area contributed by atoms with E-state index < -0.39 is 17.7 Å². The maximum Gasteiger partial charge on any atom is 0.307 e. The summed E-state index contributed by atoms with van der Waals surface area (Å²) in [6.45, 7) is 7.77. The number of aromatic nitrogens is 2. The van der Waals surface area contributed by atoms with E-state index in [1.807, 2.05) is 19.9 Å². The van der Waals surface area contributed by atoms with Crippen LogP contribution >= 0.6 is 0 Å². The molecule has 2 aromatic carbocycles. The Morgan fingerprint density at radius 1 is 1.16 bits per heavy atom. The van der Waals surface area contributed by atoms with Crippen molar-refractivity contribution in [3.63, 3.8) is 0 Å². The monoisotopic (exact) mass is 508 g/mol. The first kappa shape index (κ1) is 26.3. The number of nitrogens with zero attached hydrogens (tertiary/aromatic N) is 4. The molecule has 1 aromatic heterocycles. The summed E-state index contributed by atoms with van der Waals surface area (Å²) in [5, 5.41) is 13.4. The zero-order chi connectivity index (χ0) is 26.5. The summed E-state index contributed by atoms with van der Waals surface area (Å²) in [6.07, 6.45) is 3.79. The van der Waals surface area contributed by atoms with Gasteiger partial charge in [-0.15, -0.1) is 0 Å². The molecule has 1 atom stereocenters. The molecule has 2 heterocycles. The second-order valence-electron chi connectivity index (χ2n) is 9.33. The molecule has 1 N–H and O–H groups in total. The van der Waals surface area contributed by atoms with Gasteiger partial charge in [0.25, 0.3) is 0 Å². The van der Waals surface area contributed by atoms with E-state index in [2.05, 4.69) is 39.1 Å². The van der Waals surface area contributed by atoms with E-state index in [1.165, 1.54) is 23.4 Å². The number of oxime groups is 1. The molecular weight excluding hydrogens is 478 g/mol. The summed E-state index contributed by atoms with van der Waals surface area (Å²) < 4.78 is 27.8. The van der Waals surface area contributed by atoms with Crippen LogP contribution in [0.15, 0.2) is 47.9 Å². The van der Waals surface area contributed by atoms with Gasteiger partial charge in [0.05, 0.1) is 29.7 Å². The fraction of sp³-hybridized carbons (Fsp3) is 0.357. The van der Waals surface area contributed by atoms with Gasteiger partial charge in [0.15, 0.2) is 0 Å². The summed E-state index contributed by atoms with van der Waals surface area (Å²) in [6, 6.07) is 9.12. The van der Waals surface area contributed by atoms with Gasteiger partial charge in [0.2, 0.25) is 5.95 Å². The Bertz CT molecular complexity index is 1310. The molecular formula is C28H30F2N4O3. The lowest BCUT2D eigenvalue weighted by atomic mass is 9.99. The van der Waals surface area contributed by atoms with Crippen molar-refractivity contribution in [3.05, 3.63) is 82.3 Å². The first-order chi connectivity index (χ1) is 17.7. The van der Waals surface area contributed by atoms with Crippen LogP contribution in [0, 0.1) is 24.6 Å². The number of rotatable bonds is 9. The average Bonchev–Trinajstić information content (AvgIpc) is 3.35. The number of carboxylic acid groups (broad SMARTS) is 1. The molecule has 0 saturated carbocycles. The van der Waals surface area contributed by atoms with Crippen molar-refractivity contribution in [2.24, 2.45) is 11.1 Å². The molecule has 37 heavy (non-hydrogen) atoms. The number of likely N-dealkylation sites (tertiary alicyclic amines) is 1. The average molecular weight is 509 g/mol. The van der Waals surface area contributed by atoms with E-state index in [1.54, 1.807) is 6.07 Å². The highest BCUT2D eigenvalue weighted by Gasteiger charge is 2.28. The van der Waals surface area contributed by atoms with Crippen molar-refractivity contribution in [1.82, 2.24) is 14.9 Å². The lowest BCUT2D eigenvalue weighted by Gasteiger charge is -2.18. The van der Waals surface area contributed by atoms with Gasteiger partial charge in [0.1, 0.15) is 12.4 Å². The van der Waals surface area contributed by atoms with E-state index >= 15 is 0 Å². The Hall–Kier alpha value is -3.72. The largest absolute Gasteiger partial charge is 0.481 e. The van der Waals surface area contributed by atoms with Gasteiger partial charge in [-0.25, -0.2) is 14.4 Å². The third-order valence-electron chi connectivity index (χ3n) is 6.73. The third kappa shape index (κ3) is 6.35. The van der Waals surface area contributed by atoms with Crippen LogP contribution < -0.4 is 0 Å². The van der Waals surface area contributed by atoms with Crippen molar-refractivity contribution < 1.29 is 23.5 Å². The second-order valence-corrected chi connectivity index (χ2v) is 9.33. The SMILES string of the molecule is CCc1cc(/C(C)=N/OCc2cc(C)c(-c3cnc(F)cn3)cc2F)ccc1CN1CC[C@H](C(=O)O)C1. The van der Waals surface area contributed by atoms with E-state index in [0.717, 1.165) is 36.8 Å². The summed E-state index contributed by atoms with van der Waals surface area (Å²) in [4.78, 5) is 26.5. The highest BCUT2D eigenvalue weighted by Crippen LogP contribution is 2.25. The molecule has 4 rings (SSSR count). The number of aliphatic carboxylic acids is 1. The fourth-order valence-corrected chi connectivity index (χ4v) is 4.58. The molecule has 0 bridgehead atoms. The highest BCUT2D eigenvalue weighted by atomic mass is 19.1. The number of aryl methyl sites for hydroxylation is 2. The van der Waals surface area contributed by atoms with Gasteiger partial charge >= 0.3 is 5.97 Å². The summed E-state index contributed by atoms with van der Waals surface area (Å²) >= 11 is 0. The molecule has 0 spiro atoms. The lowest BCUT2D eigenvalue weighted by molar-refractivity contribution is -0.141. The van der Waals surface area contributed by atoms with E-state index in [0.29, 0.717) is 35.5 Å². The fourth-order valence-electron chi connectivity index (χ4n) is 4.58. The smallest absolute Gasteiger partial charge is 0.307 e. The van der Waals surface area contributed by atoms with Gasteiger partial charge in [-0.05, 0) is 73.7 Å². The van der Waals surface area contributed by atoms with Crippen LogP contribution in [-0.4, -0.2) is 44.7 Å². The Kier molecular flexibility index (Phi) is 8.23. The summed E-state index contributed by atoms with van der Waals surface area (Å²) in [5.74, 6) is -2.18. The second kappa shape index (κ2) is 11.6. The van der Waals surface area contributed by atoms with Crippen LogP contribution in [0.1, 0.15) is 48.1 Å². The summed E-state index contributed by atoms with van der Waals surface area (Å²) in [5.41, 5.74) is 5.96. The van der Waals surface area contributed by atoms with Crippen LogP contribution in [0.2, 0.25) is 0 Å². The van der Waals surface area contributed by atoms with E-state index in [4.69, 9.17) is 4.84 Å². The first-order valence-corrected chi connectivity index (χ1v) is 12.3. The Morgan fingerprint density at radius 3 is 2.65 bits per heavy atom. The molecule has 0 amide bonds. The third-order valence-corrected chi connectivity index (χ3v) is 6.73. The number of hydrogen-bond donors (Lipinski definition) is 1. The van der Waals surface area contributed by atoms with Crippen molar-refractivity contribution in [1.29, 1.82) is 0 Å². The summed E-state index contributed by atoms with van der Waals surface area (Å²) in [7, 11) is 0. The van der Waals surface area contributed by atoms with Crippen molar-refractivity contribution >= 4 is 11.7 Å². The quantitative estimate of drug-likeness (QED) is 0.318. The molecule has 1 aliphatic rings. The number of carboxylic acids is 1. The first-order valence-electron chi connectivity index (χ1n) is 12.3. The minimum Gasteiger partial charge on any atom is -0.481 e. The standard InChI is InChI=1S/C28H30F2N4O3/c1-4-19-10-20(5-6-21(19)14-34-8-7-22(15-34)28(35)36)18(3)33-37-16-23-9-17(2)24(11-25(23)29)26-12-32-27(30)13-31-26/h5-6,9-13,22H,4,7-8,14-16H2,1-3H3,(H,35,36)/b33-18+/t22-/m0/s1. The maximum atomic E-state index is 14.7. The molecule has 0 radical (unpaired) electrons. The minimum atomic E-state index is -0.728. The number of hydrogen-bond acceptors (Lipinski definition) is 6. The van der Waals surface area contributed by atoms with Crippen LogP contribution in [0.4, 0.5) is 8.78 Å². The lowest BCUT2D eigenvalue weighted by Crippen LogP contribution is -2.23. The van der Waals surface area contributed by atoms with Crippen molar-refractivity contribution in [2.75, 3.05) is 13.1 Å². The zero-order valence-electron chi connectivity index (χ0n) is 21.2. The Balaban J connectivity index is 1.41. The topological polar surface area (TPSA) is 87.9 Å². The van der Waals surface area contributed by atoms with Gasteiger partial charge in [-0.2, -0.15) is 4.39 Å². The molecule has 194 valence electrons. The van der Waals surface area contributed by atoms with Crippen LogP contribution in [0.3, 0.4) is 0 Å². The maximum absolute atomic E-state index is 14.7. The number of halogens is 2. The van der Waals surface area contributed by atoms with Crippen molar-refractivity contribution in [2.45, 2.75) is 46.8 Å². The van der Waals surface area contributed by atoms with Crippen LogP contribution in [-0.2, 0) is 29.2 Å². The predicted octanol–water partition coefficient (Wildman–Crippen LogP) is 5.14. The Morgan fingerprint density at radius 2 is 1.97 bits per heavy atom. The van der Waals surface area contributed by atoms with Crippen LogP contribution in [0.25, 0.3) is 11.3 Å². The predicted molar refractivity (Wildman–Crippen MR) is 136 cm³/mol. The molecule has 0 unspecified atom stereocenters. The Labute approximate surface area is 214 Å². The van der Waals surface area contributed by atoms with E-state index in [-0.39, 0.29) is 12.5 Å². The molecule has 1 fully saturated rings. The van der Waals surface area contributed by atoms with Gasteiger partial charge in [-0.3, -0.25) is 9.69 Å². The van der Waals surface area contributed by atoms with E-state index in [9.17, 15) is 18.7 Å². The number of carbonyl (C=O) groups is 1. The van der Waals surface area contributed by atoms with Gasteiger partial charge < -0.3 is 9.94 Å².